The number of nitrogens with zero attached hydrogens (tertiary/aromatic N) is 4. The number of aromatic nitrogens is 4. The molecule has 0 bridgehead atoms. The van der Waals surface area contributed by atoms with Gasteiger partial charge < -0.3 is 5.73 Å². The second-order valence-corrected chi connectivity index (χ2v) is 7.72. The van der Waals surface area contributed by atoms with E-state index < -0.39 is 17.5 Å². The van der Waals surface area contributed by atoms with Gasteiger partial charge in [-0.3, -0.25) is 4.68 Å². The highest BCUT2D eigenvalue weighted by atomic mass is 19.1. The molecule has 0 amide bonds. The second-order valence-electron chi connectivity index (χ2n) is 7.72. The predicted octanol–water partition coefficient (Wildman–Crippen LogP) is 5.82. The van der Waals surface area contributed by atoms with Crippen LogP contribution in [0.25, 0.3) is 33.6 Å². The Morgan fingerprint density at radius 3 is 2.47 bits per heavy atom. The van der Waals surface area contributed by atoms with E-state index in [1.54, 1.807) is 23.0 Å². The molecule has 4 aromatic rings. The average molecular weight is 437 g/mol. The number of benzene rings is 2. The van der Waals surface area contributed by atoms with Gasteiger partial charge in [0, 0.05) is 41.2 Å². The minimum atomic E-state index is -0.712. The molecular formula is C24H22F3N5. The zero-order valence-corrected chi connectivity index (χ0v) is 17.9. The molecule has 0 aliphatic rings. The molecule has 0 atom stereocenters. The van der Waals surface area contributed by atoms with E-state index >= 15 is 4.39 Å². The van der Waals surface area contributed by atoms with Gasteiger partial charge in [-0.2, -0.15) is 5.10 Å². The summed E-state index contributed by atoms with van der Waals surface area (Å²) in [7, 11) is 0. The van der Waals surface area contributed by atoms with Gasteiger partial charge in [-0.25, -0.2) is 23.1 Å². The minimum Gasteiger partial charge on any atom is -0.368 e. The molecule has 0 spiro atoms. The third-order valence-corrected chi connectivity index (χ3v) is 5.29. The summed E-state index contributed by atoms with van der Waals surface area (Å²) < 4.78 is 46.1. The van der Waals surface area contributed by atoms with Crippen molar-refractivity contribution < 1.29 is 13.2 Å². The number of anilines is 1. The molecule has 0 aliphatic heterocycles. The quantitative estimate of drug-likeness (QED) is 0.427. The Balaban J connectivity index is 2.04. The Kier molecular flexibility index (Phi) is 5.69. The van der Waals surface area contributed by atoms with Gasteiger partial charge in [0.05, 0.1) is 5.69 Å². The maximum atomic E-state index is 16.1. The van der Waals surface area contributed by atoms with E-state index in [-0.39, 0.29) is 28.6 Å². The molecule has 4 rings (SSSR count). The minimum absolute atomic E-state index is 0.0411. The molecule has 2 heterocycles. The van der Waals surface area contributed by atoms with Gasteiger partial charge in [-0.15, -0.1) is 0 Å². The van der Waals surface area contributed by atoms with Gasteiger partial charge in [0.15, 0.2) is 0 Å². The highest BCUT2D eigenvalue weighted by Crippen LogP contribution is 2.40. The van der Waals surface area contributed by atoms with Gasteiger partial charge >= 0.3 is 0 Å². The van der Waals surface area contributed by atoms with Gasteiger partial charge in [0.2, 0.25) is 5.95 Å². The Hall–Kier alpha value is -3.68. The highest BCUT2D eigenvalue weighted by Gasteiger charge is 2.25. The van der Waals surface area contributed by atoms with Crippen LogP contribution in [0, 0.1) is 17.5 Å². The van der Waals surface area contributed by atoms with E-state index in [0.717, 1.165) is 18.2 Å². The fourth-order valence-electron chi connectivity index (χ4n) is 3.70. The summed E-state index contributed by atoms with van der Waals surface area (Å²) in [6.45, 7) is 6.32. The maximum absolute atomic E-state index is 16.1. The lowest BCUT2D eigenvalue weighted by molar-refractivity contribution is 0.597. The molecule has 8 heteroatoms. The number of hydrogen-bond donors (Lipinski definition) is 1. The van der Waals surface area contributed by atoms with Crippen LogP contribution in [0.5, 0.6) is 0 Å². The number of aryl methyl sites for hydroxylation is 1. The van der Waals surface area contributed by atoms with E-state index in [1.807, 2.05) is 20.8 Å². The third-order valence-electron chi connectivity index (χ3n) is 5.29. The van der Waals surface area contributed by atoms with Gasteiger partial charge in [-0.1, -0.05) is 26.0 Å². The first-order valence-electron chi connectivity index (χ1n) is 10.2. The summed E-state index contributed by atoms with van der Waals surface area (Å²) in [6, 6.07) is 7.85. The molecule has 0 saturated heterocycles. The number of hydrogen-bond acceptors (Lipinski definition) is 4. The van der Waals surface area contributed by atoms with Crippen molar-refractivity contribution in [2.75, 3.05) is 5.73 Å². The van der Waals surface area contributed by atoms with E-state index in [4.69, 9.17) is 5.73 Å². The van der Waals surface area contributed by atoms with Crippen LogP contribution in [0.15, 0.2) is 48.8 Å². The Morgan fingerprint density at radius 2 is 1.78 bits per heavy atom. The summed E-state index contributed by atoms with van der Waals surface area (Å²) >= 11 is 0. The Labute approximate surface area is 183 Å². The van der Waals surface area contributed by atoms with Crippen molar-refractivity contribution in [3.05, 3.63) is 71.8 Å². The Morgan fingerprint density at radius 1 is 1.00 bits per heavy atom. The predicted molar refractivity (Wildman–Crippen MR) is 118 cm³/mol. The molecule has 2 N–H and O–H groups in total. The fourth-order valence-corrected chi connectivity index (χ4v) is 3.70. The van der Waals surface area contributed by atoms with Gasteiger partial charge in [0.25, 0.3) is 0 Å². The van der Waals surface area contributed by atoms with Crippen LogP contribution in [-0.2, 0) is 6.54 Å². The van der Waals surface area contributed by atoms with Crippen molar-refractivity contribution in [3.63, 3.8) is 0 Å². The van der Waals surface area contributed by atoms with Crippen molar-refractivity contribution in [3.8, 4) is 33.6 Å². The topological polar surface area (TPSA) is 69.6 Å². The van der Waals surface area contributed by atoms with E-state index in [0.29, 0.717) is 29.1 Å². The van der Waals surface area contributed by atoms with Crippen molar-refractivity contribution in [2.45, 2.75) is 33.2 Å². The molecule has 5 nitrogen and oxygen atoms in total. The second kappa shape index (κ2) is 8.45. The largest absolute Gasteiger partial charge is 0.368 e. The lowest BCUT2D eigenvalue weighted by atomic mass is 9.89. The van der Waals surface area contributed by atoms with Crippen LogP contribution in [0.2, 0.25) is 0 Å². The summed E-state index contributed by atoms with van der Waals surface area (Å²) in [6.07, 6.45) is 3.28. The molecule has 0 radical (unpaired) electrons. The molecule has 2 aromatic heterocycles. The van der Waals surface area contributed by atoms with Crippen LogP contribution in [0.4, 0.5) is 19.1 Å². The number of nitrogen functional groups attached to an aromatic ring is 1. The van der Waals surface area contributed by atoms with Gasteiger partial charge in [-0.05, 0) is 42.7 Å². The van der Waals surface area contributed by atoms with Gasteiger partial charge in [0.1, 0.15) is 23.1 Å². The fraction of sp³-hybridized carbons (Fsp3) is 0.208. The van der Waals surface area contributed by atoms with E-state index in [9.17, 15) is 8.78 Å². The monoisotopic (exact) mass is 437 g/mol. The number of nitrogens with two attached hydrogens (primary N) is 1. The lowest BCUT2D eigenvalue weighted by Crippen LogP contribution is -2.02. The molecule has 0 saturated carbocycles. The van der Waals surface area contributed by atoms with Crippen molar-refractivity contribution in [1.82, 2.24) is 19.7 Å². The molecular weight excluding hydrogens is 415 g/mol. The standard InChI is InChI=1S/C24H22F3N5/c1-4-32-12-18(20-9-10-29-24(28)30-20)23(31-32)21-15(13(2)3)6-7-16(22(21)27)17-11-14(25)5-8-19(17)26/h5-13H,4H2,1-3H3,(H2,28,29,30). The summed E-state index contributed by atoms with van der Waals surface area (Å²) in [5, 5.41) is 4.59. The van der Waals surface area contributed by atoms with Crippen molar-refractivity contribution in [2.24, 2.45) is 0 Å². The molecule has 0 unspecified atom stereocenters. The summed E-state index contributed by atoms with van der Waals surface area (Å²) in [4.78, 5) is 8.19. The lowest BCUT2D eigenvalue weighted by Gasteiger charge is -2.17. The normalized spacial score (nSPS) is 11.3. The van der Waals surface area contributed by atoms with E-state index in [2.05, 4.69) is 15.1 Å². The van der Waals surface area contributed by atoms with Crippen molar-refractivity contribution >= 4 is 5.95 Å². The van der Waals surface area contributed by atoms with Crippen LogP contribution in [0.1, 0.15) is 32.3 Å². The highest BCUT2D eigenvalue weighted by molar-refractivity contribution is 5.84. The molecule has 0 fully saturated rings. The first kappa shape index (κ1) is 21.5. The van der Waals surface area contributed by atoms with Crippen LogP contribution in [-0.4, -0.2) is 19.7 Å². The summed E-state index contributed by atoms with van der Waals surface area (Å²) in [5.41, 5.74) is 7.89. The summed E-state index contributed by atoms with van der Waals surface area (Å²) in [5.74, 6) is -2.01. The van der Waals surface area contributed by atoms with E-state index in [1.165, 1.54) is 12.3 Å². The van der Waals surface area contributed by atoms with Crippen LogP contribution >= 0.6 is 0 Å². The smallest absolute Gasteiger partial charge is 0.220 e. The molecule has 0 aliphatic carbocycles. The molecule has 2 aromatic carbocycles. The first-order valence-corrected chi connectivity index (χ1v) is 10.2. The van der Waals surface area contributed by atoms with Crippen LogP contribution in [0.3, 0.4) is 0 Å². The Bertz CT molecular complexity index is 1300. The number of rotatable bonds is 5. The zero-order chi connectivity index (χ0) is 23.0. The molecule has 32 heavy (non-hydrogen) atoms. The number of halogens is 3. The van der Waals surface area contributed by atoms with Crippen molar-refractivity contribution in [1.29, 1.82) is 0 Å². The molecule has 164 valence electrons. The SMILES string of the molecule is CCn1cc(-c2ccnc(N)n2)c(-c2c(C(C)C)ccc(-c3cc(F)ccc3F)c2F)n1. The maximum Gasteiger partial charge on any atom is 0.220 e. The zero-order valence-electron chi connectivity index (χ0n) is 17.9. The first-order chi connectivity index (χ1) is 15.3. The van der Waals surface area contributed by atoms with Crippen LogP contribution < -0.4 is 5.73 Å². The third kappa shape index (κ3) is 3.84. The average Bonchev–Trinajstić information content (AvgIpc) is 3.19.